The Morgan fingerprint density at radius 2 is 1.65 bits per heavy atom. The normalized spacial score (nSPS) is 9.71. The molecule has 0 bridgehead atoms. The molecule has 92 valence electrons. The molecule has 5 nitrogen and oxygen atoms in total. The summed E-state index contributed by atoms with van der Waals surface area (Å²) in [4.78, 5) is 22.4. The Labute approximate surface area is 101 Å². The number of amides is 2. The zero-order valence-corrected chi connectivity index (χ0v) is 9.82. The first-order chi connectivity index (χ1) is 8.22. The van der Waals surface area contributed by atoms with E-state index in [1.54, 1.807) is 7.05 Å². The number of hydrogen-bond donors (Lipinski definition) is 3. The number of rotatable bonds is 6. The van der Waals surface area contributed by atoms with Crippen LogP contribution in [0.5, 0.6) is 0 Å². The Morgan fingerprint density at radius 3 is 2.29 bits per heavy atom. The molecular formula is C12H17N3O2. The van der Waals surface area contributed by atoms with E-state index in [1.807, 2.05) is 30.3 Å². The van der Waals surface area contributed by atoms with Gasteiger partial charge in [-0.1, -0.05) is 30.3 Å². The molecule has 0 heterocycles. The monoisotopic (exact) mass is 235 g/mol. The van der Waals surface area contributed by atoms with Crippen LogP contribution in [0.1, 0.15) is 5.56 Å². The molecule has 0 aromatic heterocycles. The maximum absolute atomic E-state index is 11.4. The molecule has 3 N–H and O–H groups in total. The molecule has 0 fully saturated rings. The smallest absolute Gasteiger partial charge is 0.239 e. The summed E-state index contributed by atoms with van der Waals surface area (Å²) in [6.07, 6.45) is 0. The van der Waals surface area contributed by atoms with Crippen molar-refractivity contribution < 1.29 is 9.59 Å². The molecule has 0 spiro atoms. The lowest BCUT2D eigenvalue weighted by Crippen LogP contribution is -2.39. The average Bonchev–Trinajstić information content (AvgIpc) is 2.35. The van der Waals surface area contributed by atoms with Crippen LogP contribution in [0, 0.1) is 0 Å². The van der Waals surface area contributed by atoms with Gasteiger partial charge in [0.25, 0.3) is 0 Å². The highest BCUT2D eigenvalue weighted by Crippen LogP contribution is 1.96. The summed E-state index contributed by atoms with van der Waals surface area (Å²) in [6, 6.07) is 9.61. The van der Waals surface area contributed by atoms with E-state index < -0.39 is 0 Å². The number of carbonyl (C=O) groups excluding carboxylic acids is 2. The Hall–Kier alpha value is -1.88. The van der Waals surface area contributed by atoms with E-state index in [0.29, 0.717) is 6.54 Å². The number of hydrogen-bond acceptors (Lipinski definition) is 3. The maximum Gasteiger partial charge on any atom is 0.239 e. The molecule has 5 heteroatoms. The van der Waals surface area contributed by atoms with E-state index in [2.05, 4.69) is 16.0 Å². The van der Waals surface area contributed by atoms with E-state index in [1.165, 1.54) is 0 Å². The SMILES string of the molecule is CNCC(=O)NCC(=O)NCc1ccccc1. The highest BCUT2D eigenvalue weighted by molar-refractivity contribution is 5.85. The van der Waals surface area contributed by atoms with Crippen molar-refractivity contribution >= 4 is 11.8 Å². The van der Waals surface area contributed by atoms with Gasteiger partial charge in [0, 0.05) is 6.54 Å². The van der Waals surface area contributed by atoms with Crippen molar-refractivity contribution in [2.45, 2.75) is 6.54 Å². The summed E-state index contributed by atoms with van der Waals surface area (Å²) in [7, 11) is 1.68. The van der Waals surface area contributed by atoms with Crippen LogP contribution < -0.4 is 16.0 Å². The Balaban J connectivity index is 2.20. The quantitative estimate of drug-likeness (QED) is 0.630. The summed E-state index contributed by atoms with van der Waals surface area (Å²) in [5, 5.41) is 7.93. The zero-order chi connectivity index (χ0) is 12.5. The van der Waals surface area contributed by atoms with E-state index in [-0.39, 0.29) is 24.9 Å². The van der Waals surface area contributed by atoms with Crippen LogP contribution in [0.15, 0.2) is 30.3 Å². The number of benzene rings is 1. The highest BCUT2D eigenvalue weighted by Gasteiger charge is 2.03. The highest BCUT2D eigenvalue weighted by atomic mass is 16.2. The van der Waals surface area contributed by atoms with E-state index in [4.69, 9.17) is 0 Å². The van der Waals surface area contributed by atoms with Gasteiger partial charge in [-0.2, -0.15) is 0 Å². The van der Waals surface area contributed by atoms with Gasteiger partial charge in [-0.25, -0.2) is 0 Å². The third-order valence-corrected chi connectivity index (χ3v) is 2.12. The van der Waals surface area contributed by atoms with E-state index in [0.717, 1.165) is 5.56 Å². The van der Waals surface area contributed by atoms with Gasteiger partial charge >= 0.3 is 0 Å². The number of likely N-dealkylation sites (N-methyl/N-ethyl adjacent to an activating group) is 1. The fourth-order valence-electron chi connectivity index (χ4n) is 1.26. The van der Waals surface area contributed by atoms with Crippen LogP contribution in [-0.2, 0) is 16.1 Å². The standard InChI is InChI=1S/C12H17N3O2/c1-13-8-11(16)15-9-12(17)14-7-10-5-3-2-4-6-10/h2-6,13H,7-9H2,1H3,(H,14,17)(H,15,16). The second-order valence-corrected chi connectivity index (χ2v) is 3.57. The zero-order valence-electron chi connectivity index (χ0n) is 9.82. The second kappa shape index (κ2) is 7.40. The van der Waals surface area contributed by atoms with Crippen molar-refractivity contribution in [2.24, 2.45) is 0 Å². The number of carbonyl (C=O) groups is 2. The molecule has 2 amide bonds. The summed E-state index contributed by atoms with van der Waals surface area (Å²) in [5.74, 6) is -0.388. The minimum atomic E-state index is -0.196. The van der Waals surface area contributed by atoms with Crippen LogP contribution in [0.25, 0.3) is 0 Å². The molecule has 17 heavy (non-hydrogen) atoms. The lowest BCUT2D eigenvalue weighted by Gasteiger charge is -2.06. The first-order valence-corrected chi connectivity index (χ1v) is 5.44. The summed E-state index contributed by atoms with van der Waals surface area (Å²) in [6.45, 7) is 0.695. The third kappa shape index (κ3) is 5.67. The summed E-state index contributed by atoms with van der Waals surface area (Å²) >= 11 is 0. The molecule has 0 atom stereocenters. The molecule has 0 saturated carbocycles. The number of nitrogens with one attached hydrogen (secondary N) is 3. The molecule has 1 rings (SSSR count). The summed E-state index contributed by atoms with van der Waals surface area (Å²) < 4.78 is 0. The van der Waals surface area contributed by atoms with Gasteiger partial charge < -0.3 is 16.0 Å². The average molecular weight is 235 g/mol. The van der Waals surface area contributed by atoms with Crippen molar-refractivity contribution in [3.63, 3.8) is 0 Å². The van der Waals surface area contributed by atoms with Gasteiger partial charge in [0.2, 0.25) is 11.8 Å². The minimum absolute atomic E-state index is 0.00729. The predicted octanol–water partition coefficient (Wildman–Crippen LogP) is -0.362. The van der Waals surface area contributed by atoms with Gasteiger partial charge in [0.05, 0.1) is 13.1 Å². The molecule has 0 unspecified atom stereocenters. The first-order valence-electron chi connectivity index (χ1n) is 5.44. The molecule has 0 aliphatic carbocycles. The van der Waals surface area contributed by atoms with Gasteiger partial charge in [-0.05, 0) is 12.6 Å². The lowest BCUT2D eigenvalue weighted by atomic mass is 10.2. The fourth-order valence-corrected chi connectivity index (χ4v) is 1.26. The molecule has 0 aliphatic rings. The third-order valence-electron chi connectivity index (χ3n) is 2.12. The van der Waals surface area contributed by atoms with Gasteiger partial charge in [0.1, 0.15) is 0 Å². The van der Waals surface area contributed by atoms with Crippen LogP contribution in [0.2, 0.25) is 0 Å². The first kappa shape index (κ1) is 13.2. The van der Waals surface area contributed by atoms with Crippen LogP contribution in [-0.4, -0.2) is 32.0 Å². The molecule has 0 aliphatic heterocycles. The molecule has 0 saturated heterocycles. The predicted molar refractivity (Wildman–Crippen MR) is 65.2 cm³/mol. The van der Waals surface area contributed by atoms with Gasteiger partial charge in [-0.3, -0.25) is 9.59 Å². The Morgan fingerprint density at radius 1 is 1.00 bits per heavy atom. The van der Waals surface area contributed by atoms with E-state index >= 15 is 0 Å². The van der Waals surface area contributed by atoms with Crippen LogP contribution >= 0.6 is 0 Å². The topological polar surface area (TPSA) is 70.2 Å². The minimum Gasteiger partial charge on any atom is -0.350 e. The van der Waals surface area contributed by atoms with Gasteiger partial charge in [-0.15, -0.1) is 0 Å². The van der Waals surface area contributed by atoms with Crippen molar-refractivity contribution in [3.05, 3.63) is 35.9 Å². The maximum atomic E-state index is 11.4. The Bertz CT molecular complexity index is 365. The van der Waals surface area contributed by atoms with Crippen molar-refractivity contribution in [3.8, 4) is 0 Å². The fraction of sp³-hybridized carbons (Fsp3) is 0.333. The van der Waals surface area contributed by atoms with Crippen LogP contribution in [0.3, 0.4) is 0 Å². The second-order valence-electron chi connectivity index (χ2n) is 3.57. The van der Waals surface area contributed by atoms with Crippen molar-refractivity contribution in [1.29, 1.82) is 0 Å². The van der Waals surface area contributed by atoms with Crippen molar-refractivity contribution in [1.82, 2.24) is 16.0 Å². The largest absolute Gasteiger partial charge is 0.350 e. The molecule has 1 aromatic carbocycles. The molecular weight excluding hydrogens is 218 g/mol. The Kier molecular flexibility index (Phi) is 5.74. The van der Waals surface area contributed by atoms with Gasteiger partial charge in [0.15, 0.2) is 0 Å². The molecule has 0 radical (unpaired) electrons. The molecule has 1 aromatic rings. The van der Waals surface area contributed by atoms with Crippen LogP contribution in [0.4, 0.5) is 0 Å². The lowest BCUT2D eigenvalue weighted by molar-refractivity contribution is -0.125. The van der Waals surface area contributed by atoms with Crippen molar-refractivity contribution in [2.75, 3.05) is 20.1 Å². The summed E-state index contributed by atoms with van der Waals surface area (Å²) in [5.41, 5.74) is 1.03. The van der Waals surface area contributed by atoms with E-state index in [9.17, 15) is 9.59 Å².